The lowest BCUT2D eigenvalue weighted by Gasteiger charge is -2.09. The van der Waals surface area contributed by atoms with Crippen molar-refractivity contribution >= 4 is 11.6 Å². The zero-order chi connectivity index (χ0) is 16.3. The average Bonchev–Trinajstić information content (AvgIpc) is 2.57. The Balaban J connectivity index is 1.75. The summed E-state index contributed by atoms with van der Waals surface area (Å²) in [4.78, 5) is 0. The molecule has 0 aromatic heterocycles. The van der Waals surface area contributed by atoms with Crippen molar-refractivity contribution in [3.8, 4) is 5.75 Å². The Labute approximate surface area is 143 Å². The zero-order valence-electron chi connectivity index (χ0n) is 13.6. The number of halogens is 1. The van der Waals surface area contributed by atoms with Crippen LogP contribution in [0.1, 0.15) is 24.5 Å². The average molecular weight is 334 g/mol. The van der Waals surface area contributed by atoms with Gasteiger partial charge in [-0.15, -0.1) is 0 Å². The first-order valence-corrected chi connectivity index (χ1v) is 8.40. The van der Waals surface area contributed by atoms with E-state index in [4.69, 9.17) is 21.1 Å². The third-order valence-corrected chi connectivity index (χ3v) is 3.60. The molecule has 124 valence electrons. The van der Waals surface area contributed by atoms with Crippen molar-refractivity contribution in [3.05, 3.63) is 64.7 Å². The van der Waals surface area contributed by atoms with Crippen LogP contribution in [0.3, 0.4) is 0 Å². The molecular weight excluding hydrogens is 310 g/mol. The Morgan fingerprint density at radius 1 is 1.04 bits per heavy atom. The summed E-state index contributed by atoms with van der Waals surface area (Å²) in [6.45, 7) is 5.92. The van der Waals surface area contributed by atoms with Gasteiger partial charge in [-0.05, 0) is 55.3 Å². The number of benzene rings is 2. The number of hydrogen-bond donors (Lipinski definition) is 1. The molecule has 0 atom stereocenters. The number of ether oxygens (including phenoxy) is 2. The van der Waals surface area contributed by atoms with Crippen LogP contribution in [-0.2, 0) is 17.9 Å². The van der Waals surface area contributed by atoms with Crippen molar-refractivity contribution in [2.24, 2.45) is 0 Å². The summed E-state index contributed by atoms with van der Waals surface area (Å²) < 4.78 is 11.2. The molecular formula is C19H24ClNO2. The van der Waals surface area contributed by atoms with Gasteiger partial charge in [0.05, 0.1) is 0 Å². The van der Waals surface area contributed by atoms with Gasteiger partial charge in [0.2, 0.25) is 0 Å². The van der Waals surface area contributed by atoms with Gasteiger partial charge in [-0.3, -0.25) is 0 Å². The summed E-state index contributed by atoms with van der Waals surface area (Å²) in [5.74, 6) is 0.874. The predicted octanol–water partition coefficient (Wildman–Crippen LogP) is 4.44. The minimum Gasteiger partial charge on any atom is -0.489 e. The second-order valence-electron chi connectivity index (χ2n) is 5.29. The molecule has 0 fully saturated rings. The Morgan fingerprint density at radius 3 is 2.70 bits per heavy atom. The maximum absolute atomic E-state index is 5.98. The molecule has 2 aromatic rings. The van der Waals surface area contributed by atoms with Crippen molar-refractivity contribution in [1.82, 2.24) is 5.32 Å². The summed E-state index contributed by atoms with van der Waals surface area (Å²) in [6, 6.07) is 15.9. The molecule has 3 nitrogen and oxygen atoms in total. The Kier molecular flexibility index (Phi) is 7.95. The highest BCUT2D eigenvalue weighted by atomic mass is 35.5. The van der Waals surface area contributed by atoms with Gasteiger partial charge in [-0.25, -0.2) is 0 Å². The first-order chi connectivity index (χ1) is 11.3. The molecule has 23 heavy (non-hydrogen) atoms. The fraction of sp³-hybridized carbons (Fsp3) is 0.368. The molecule has 0 saturated heterocycles. The highest BCUT2D eigenvalue weighted by Gasteiger charge is 1.99. The third-order valence-electron chi connectivity index (χ3n) is 3.37. The third kappa shape index (κ3) is 7.04. The summed E-state index contributed by atoms with van der Waals surface area (Å²) in [5.41, 5.74) is 2.28. The highest BCUT2D eigenvalue weighted by molar-refractivity contribution is 6.30. The fourth-order valence-corrected chi connectivity index (χ4v) is 2.43. The van der Waals surface area contributed by atoms with Crippen LogP contribution in [0.4, 0.5) is 0 Å². The van der Waals surface area contributed by atoms with Crippen LogP contribution in [-0.4, -0.2) is 19.8 Å². The van der Waals surface area contributed by atoms with E-state index in [-0.39, 0.29) is 0 Å². The zero-order valence-corrected chi connectivity index (χ0v) is 14.3. The molecule has 0 aliphatic carbocycles. The van der Waals surface area contributed by atoms with E-state index >= 15 is 0 Å². The monoisotopic (exact) mass is 333 g/mol. The van der Waals surface area contributed by atoms with Crippen LogP contribution in [0.25, 0.3) is 0 Å². The molecule has 0 bridgehead atoms. The molecule has 0 radical (unpaired) electrons. The topological polar surface area (TPSA) is 30.5 Å². The van der Waals surface area contributed by atoms with Crippen LogP contribution in [0.2, 0.25) is 5.02 Å². The van der Waals surface area contributed by atoms with Crippen molar-refractivity contribution in [3.63, 3.8) is 0 Å². The molecule has 0 aliphatic heterocycles. The van der Waals surface area contributed by atoms with Gasteiger partial charge >= 0.3 is 0 Å². The maximum atomic E-state index is 5.98. The van der Waals surface area contributed by atoms with E-state index in [1.807, 2.05) is 43.3 Å². The SMILES string of the molecule is CCOCCCNCc1cccc(OCc2cccc(Cl)c2)c1. The quantitative estimate of drug-likeness (QED) is 0.652. The minimum atomic E-state index is 0.520. The van der Waals surface area contributed by atoms with E-state index in [1.54, 1.807) is 0 Å². The van der Waals surface area contributed by atoms with Gasteiger partial charge in [0.15, 0.2) is 0 Å². The molecule has 2 aromatic carbocycles. The van der Waals surface area contributed by atoms with Crippen LogP contribution >= 0.6 is 11.6 Å². The first-order valence-electron chi connectivity index (χ1n) is 8.02. The van der Waals surface area contributed by atoms with Gasteiger partial charge in [0.25, 0.3) is 0 Å². The van der Waals surface area contributed by atoms with Gasteiger partial charge in [-0.2, -0.15) is 0 Å². The Morgan fingerprint density at radius 2 is 1.87 bits per heavy atom. The number of hydrogen-bond acceptors (Lipinski definition) is 3. The highest BCUT2D eigenvalue weighted by Crippen LogP contribution is 2.17. The molecule has 0 amide bonds. The molecule has 0 unspecified atom stereocenters. The standard InChI is InChI=1S/C19H24ClNO2/c1-2-22-11-5-10-21-14-16-6-4-9-19(13-16)23-15-17-7-3-8-18(20)12-17/h3-4,6-9,12-13,21H,2,5,10-11,14-15H2,1H3. The van der Waals surface area contributed by atoms with Crippen LogP contribution in [0.15, 0.2) is 48.5 Å². The second-order valence-corrected chi connectivity index (χ2v) is 5.73. The Hall–Kier alpha value is -1.55. The van der Waals surface area contributed by atoms with Crippen molar-refractivity contribution in [2.45, 2.75) is 26.5 Å². The normalized spacial score (nSPS) is 10.7. The minimum absolute atomic E-state index is 0.520. The fourth-order valence-electron chi connectivity index (χ4n) is 2.21. The van der Waals surface area contributed by atoms with Gasteiger partial charge in [0, 0.05) is 24.8 Å². The second kappa shape index (κ2) is 10.3. The predicted molar refractivity (Wildman–Crippen MR) is 95.0 cm³/mol. The maximum Gasteiger partial charge on any atom is 0.120 e. The van der Waals surface area contributed by atoms with E-state index in [9.17, 15) is 0 Å². The van der Waals surface area contributed by atoms with Crippen molar-refractivity contribution in [1.29, 1.82) is 0 Å². The summed E-state index contributed by atoms with van der Waals surface area (Å²) >= 11 is 5.98. The molecule has 0 heterocycles. The van der Waals surface area contributed by atoms with Crippen molar-refractivity contribution in [2.75, 3.05) is 19.8 Å². The van der Waals surface area contributed by atoms with Crippen LogP contribution in [0.5, 0.6) is 5.75 Å². The smallest absolute Gasteiger partial charge is 0.120 e. The van der Waals surface area contributed by atoms with Gasteiger partial charge < -0.3 is 14.8 Å². The Bertz CT molecular complexity index is 589. The van der Waals surface area contributed by atoms with E-state index in [2.05, 4.69) is 17.4 Å². The lowest BCUT2D eigenvalue weighted by molar-refractivity contribution is 0.144. The van der Waals surface area contributed by atoms with Crippen LogP contribution < -0.4 is 10.1 Å². The van der Waals surface area contributed by atoms with Gasteiger partial charge in [0.1, 0.15) is 12.4 Å². The summed E-state index contributed by atoms with van der Waals surface area (Å²) in [7, 11) is 0. The molecule has 2 rings (SSSR count). The van der Waals surface area contributed by atoms with Gasteiger partial charge in [-0.1, -0.05) is 35.9 Å². The molecule has 4 heteroatoms. The summed E-state index contributed by atoms with van der Waals surface area (Å²) in [6.07, 6.45) is 1.03. The lowest BCUT2D eigenvalue weighted by Crippen LogP contribution is -2.16. The molecule has 0 aliphatic rings. The molecule has 0 spiro atoms. The lowest BCUT2D eigenvalue weighted by atomic mass is 10.2. The number of rotatable bonds is 10. The first kappa shape index (κ1) is 17.8. The van der Waals surface area contributed by atoms with E-state index in [1.165, 1.54) is 5.56 Å². The van der Waals surface area contributed by atoms with Crippen LogP contribution in [0, 0.1) is 0 Å². The largest absolute Gasteiger partial charge is 0.489 e. The van der Waals surface area contributed by atoms with E-state index in [0.29, 0.717) is 6.61 Å². The van der Waals surface area contributed by atoms with Crippen molar-refractivity contribution < 1.29 is 9.47 Å². The molecule has 0 saturated carbocycles. The molecule has 1 N–H and O–H groups in total. The number of nitrogens with one attached hydrogen (secondary N) is 1. The van der Waals surface area contributed by atoms with E-state index in [0.717, 1.165) is 49.1 Å². The van der Waals surface area contributed by atoms with E-state index < -0.39 is 0 Å². The summed E-state index contributed by atoms with van der Waals surface area (Å²) in [5, 5.41) is 4.15.